The van der Waals surface area contributed by atoms with Crippen LogP contribution >= 0.6 is 11.8 Å². The number of carbonyl (C=O) groups excluding carboxylic acids is 1. The Morgan fingerprint density at radius 2 is 2.00 bits per heavy atom. The van der Waals surface area contributed by atoms with Gasteiger partial charge in [-0.05, 0) is 24.3 Å². The van der Waals surface area contributed by atoms with Gasteiger partial charge in [0, 0.05) is 19.1 Å². The Balaban J connectivity index is 1.72. The molecule has 2 heterocycles. The quantitative estimate of drug-likeness (QED) is 0.670. The van der Waals surface area contributed by atoms with Crippen molar-refractivity contribution in [3.8, 4) is 0 Å². The van der Waals surface area contributed by atoms with Gasteiger partial charge in [-0.15, -0.1) is 0 Å². The molecule has 2 saturated heterocycles. The summed E-state index contributed by atoms with van der Waals surface area (Å²) in [6, 6.07) is 0.453. The number of nitrogens with one attached hydrogen (secondary N) is 2. The maximum Gasteiger partial charge on any atom is 0.225 e. The maximum atomic E-state index is 11.5. The van der Waals surface area contributed by atoms with Crippen molar-refractivity contribution in [3.63, 3.8) is 0 Å². The fraction of sp³-hybridized carbons (Fsp3) is 0.889. The van der Waals surface area contributed by atoms with E-state index in [9.17, 15) is 4.79 Å². The molecule has 0 bridgehead atoms. The average molecular weight is 200 g/mol. The van der Waals surface area contributed by atoms with E-state index in [1.165, 1.54) is 11.5 Å². The van der Waals surface area contributed by atoms with Crippen molar-refractivity contribution in [2.75, 3.05) is 24.6 Å². The van der Waals surface area contributed by atoms with E-state index in [0.29, 0.717) is 6.04 Å². The zero-order chi connectivity index (χ0) is 9.10. The van der Waals surface area contributed by atoms with Crippen LogP contribution in [0.15, 0.2) is 0 Å². The van der Waals surface area contributed by atoms with Gasteiger partial charge in [-0.2, -0.15) is 11.8 Å². The minimum Gasteiger partial charge on any atom is -0.353 e. The monoisotopic (exact) mass is 200 g/mol. The summed E-state index contributed by atoms with van der Waals surface area (Å²) in [5, 5.41) is 6.24. The van der Waals surface area contributed by atoms with Crippen molar-refractivity contribution in [1.82, 2.24) is 10.6 Å². The highest BCUT2D eigenvalue weighted by atomic mass is 32.2. The van der Waals surface area contributed by atoms with Crippen molar-refractivity contribution in [2.24, 2.45) is 5.92 Å². The Labute approximate surface area is 83.0 Å². The molecule has 0 unspecified atom stereocenters. The highest BCUT2D eigenvalue weighted by Gasteiger charge is 2.26. The maximum absolute atomic E-state index is 11.5. The molecule has 0 atom stereocenters. The van der Waals surface area contributed by atoms with E-state index in [1.807, 2.05) is 11.8 Å². The summed E-state index contributed by atoms with van der Waals surface area (Å²) >= 11 is 1.99. The SMILES string of the molecule is O=C(NC1CCSCC1)C1CNC1. The van der Waals surface area contributed by atoms with Crippen LogP contribution in [0.2, 0.25) is 0 Å². The zero-order valence-electron chi connectivity index (χ0n) is 7.71. The molecule has 2 rings (SSSR count). The average Bonchev–Trinajstić information content (AvgIpc) is 2.02. The summed E-state index contributed by atoms with van der Waals surface area (Å²) in [7, 11) is 0. The van der Waals surface area contributed by atoms with Gasteiger partial charge in [0.05, 0.1) is 5.92 Å². The Hall–Kier alpha value is -0.220. The van der Waals surface area contributed by atoms with E-state index in [2.05, 4.69) is 10.6 Å². The van der Waals surface area contributed by atoms with Crippen molar-refractivity contribution < 1.29 is 4.79 Å². The molecule has 2 fully saturated rings. The van der Waals surface area contributed by atoms with Crippen molar-refractivity contribution in [3.05, 3.63) is 0 Å². The molecule has 1 amide bonds. The molecule has 74 valence electrons. The standard InChI is InChI=1S/C9H16N2OS/c12-9(7-5-10-6-7)11-8-1-3-13-4-2-8/h7-8,10H,1-6H2,(H,11,12). The number of amides is 1. The first-order valence-corrected chi connectivity index (χ1v) is 6.10. The number of thioether (sulfide) groups is 1. The number of hydrogen-bond donors (Lipinski definition) is 2. The molecule has 4 heteroatoms. The van der Waals surface area contributed by atoms with Crippen molar-refractivity contribution in [1.29, 1.82) is 0 Å². The van der Waals surface area contributed by atoms with Crippen LogP contribution < -0.4 is 10.6 Å². The molecule has 0 aliphatic carbocycles. The molecular weight excluding hydrogens is 184 g/mol. The molecule has 0 spiro atoms. The second-order valence-corrected chi connectivity index (χ2v) is 4.98. The normalized spacial score (nSPS) is 25.2. The first-order valence-electron chi connectivity index (χ1n) is 4.95. The second-order valence-electron chi connectivity index (χ2n) is 3.75. The predicted molar refractivity (Wildman–Crippen MR) is 54.8 cm³/mol. The van der Waals surface area contributed by atoms with Crippen molar-refractivity contribution >= 4 is 17.7 Å². The molecule has 2 aliphatic rings. The first kappa shape index (κ1) is 9.34. The predicted octanol–water partition coefficient (Wildman–Crippen LogP) is 0.218. The Morgan fingerprint density at radius 1 is 1.31 bits per heavy atom. The Bertz CT molecular complexity index is 188. The topological polar surface area (TPSA) is 41.1 Å². The molecule has 2 aliphatic heterocycles. The summed E-state index contributed by atoms with van der Waals surface area (Å²) in [6.07, 6.45) is 2.30. The molecule has 13 heavy (non-hydrogen) atoms. The van der Waals surface area contributed by atoms with E-state index in [-0.39, 0.29) is 11.8 Å². The molecule has 0 aromatic rings. The van der Waals surface area contributed by atoms with Gasteiger partial charge in [-0.3, -0.25) is 4.79 Å². The van der Waals surface area contributed by atoms with Crippen LogP contribution in [0.3, 0.4) is 0 Å². The zero-order valence-corrected chi connectivity index (χ0v) is 8.53. The lowest BCUT2D eigenvalue weighted by Gasteiger charge is -2.29. The smallest absolute Gasteiger partial charge is 0.225 e. The minimum atomic E-state index is 0.245. The lowest BCUT2D eigenvalue weighted by atomic mass is 10.0. The van der Waals surface area contributed by atoms with Crippen LogP contribution in [-0.4, -0.2) is 36.5 Å². The molecule has 0 aromatic heterocycles. The van der Waals surface area contributed by atoms with Crippen molar-refractivity contribution in [2.45, 2.75) is 18.9 Å². The largest absolute Gasteiger partial charge is 0.353 e. The van der Waals surface area contributed by atoms with Gasteiger partial charge >= 0.3 is 0 Å². The van der Waals surface area contributed by atoms with Gasteiger partial charge in [-0.25, -0.2) is 0 Å². The van der Waals surface area contributed by atoms with E-state index in [4.69, 9.17) is 0 Å². The summed E-state index contributed by atoms with van der Waals surface area (Å²) in [6.45, 7) is 1.74. The van der Waals surface area contributed by atoms with Gasteiger partial charge in [0.25, 0.3) is 0 Å². The van der Waals surface area contributed by atoms with E-state index in [1.54, 1.807) is 0 Å². The summed E-state index contributed by atoms with van der Waals surface area (Å²) in [5.41, 5.74) is 0. The molecule has 0 saturated carbocycles. The highest BCUT2D eigenvalue weighted by Crippen LogP contribution is 2.17. The Morgan fingerprint density at radius 3 is 2.54 bits per heavy atom. The third kappa shape index (κ3) is 2.38. The van der Waals surface area contributed by atoms with Gasteiger partial charge in [0.1, 0.15) is 0 Å². The third-order valence-corrected chi connectivity index (χ3v) is 3.77. The fourth-order valence-electron chi connectivity index (χ4n) is 1.64. The minimum absolute atomic E-state index is 0.245. The third-order valence-electron chi connectivity index (χ3n) is 2.72. The molecular formula is C9H16N2OS. The van der Waals surface area contributed by atoms with E-state index >= 15 is 0 Å². The van der Waals surface area contributed by atoms with Crippen LogP contribution in [-0.2, 0) is 4.79 Å². The van der Waals surface area contributed by atoms with Crippen LogP contribution in [0.25, 0.3) is 0 Å². The van der Waals surface area contributed by atoms with Gasteiger partial charge in [0.15, 0.2) is 0 Å². The lowest BCUT2D eigenvalue weighted by Crippen LogP contribution is -2.53. The van der Waals surface area contributed by atoms with E-state index < -0.39 is 0 Å². The summed E-state index contributed by atoms with van der Waals surface area (Å²) in [5.74, 6) is 2.91. The molecule has 2 N–H and O–H groups in total. The molecule has 3 nitrogen and oxygen atoms in total. The molecule has 0 radical (unpaired) electrons. The van der Waals surface area contributed by atoms with Crippen LogP contribution in [0, 0.1) is 5.92 Å². The first-order chi connectivity index (χ1) is 6.36. The highest BCUT2D eigenvalue weighted by molar-refractivity contribution is 7.99. The second kappa shape index (κ2) is 4.33. The van der Waals surface area contributed by atoms with Gasteiger partial charge < -0.3 is 10.6 Å². The molecule has 0 aromatic carbocycles. The van der Waals surface area contributed by atoms with Crippen LogP contribution in [0.4, 0.5) is 0 Å². The summed E-state index contributed by atoms with van der Waals surface area (Å²) in [4.78, 5) is 11.5. The Kier molecular flexibility index (Phi) is 3.11. The van der Waals surface area contributed by atoms with E-state index in [0.717, 1.165) is 25.9 Å². The number of hydrogen-bond acceptors (Lipinski definition) is 3. The van der Waals surface area contributed by atoms with Crippen LogP contribution in [0.5, 0.6) is 0 Å². The lowest BCUT2D eigenvalue weighted by molar-refractivity contribution is -0.127. The summed E-state index contributed by atoms with van der Waals surface area (Å²) < 4.78 is 0. The number of carbonyl (C=O) groups is 1. The van der Waals surface area contributed by atoms with Gasteiger partial charge in [-0.1, -0.05) is 0 Å². The number of rotatable bonds is 2. The van der Waals surface area contributed by atoms with Gasteiger partial charge in [0.2, 0.25) is 5.91 Å². The fourth-order valence-corrected chi connectivity index (χ4v) is 2.74. The van der Waals surface area contributed by atoms with Crippen LogP contribution in [0.1, 0.15) is 12.8 Å².